The van der Waals surface area contributed by atoms with Gasteiger partial charge in [-0.1, -0.05) is 39.3 Å². The van der Waals surface area contributed by atoms with Crippen molar-refractivity contribution in [3.05, 3.63) is 53.2 Å². The third-order valence-electron chi connectivity index (χ3n) is 7.65. The molecule has 3 rings (SSSR count). The van der Waals surface area contributed by atoms with Crippen molar-refractivity contribution in [3.63, 3.8) is 0 Å². The highest BCUT2D eigenvalue weighted by Crippen LogP contribution is 2.56. The van der Waals surface area contributed by atoms with Gasteiger partial charge in [-0.25, -0.2) is 24.2 Å². The van der Waals surface area contributed by atoms with Crippen LogP contribution in [0.5, 0.6) is 0 Å². The van der Waals surface area contributed by atoms with Gasteiger partial charge in [-0.2, -0.15) is 8.78 Å². The minimum atomic E-state index is -3.56. The Morgan fingerprint density at radius 2 is 1.80 bits per heavy atom. The molecule has 2 unspecified atom stereocenters. The Hall–Kier alpha value is -2.00. The molecule has 2 N–H and O–H groups in total. The second kappa shape index (κ2) is 12.5. The van der Waals surface area contributed by atoms with Crippen molar-refractivity contribution < 1.29 is 22.2 Å². The maximum Gasteiger partial charge on any atom is 0.305 e. The largest absolute Gasteiger partial charge is 0.365 e. The van der Waals surface area contributed by atoms with Crippen molar-refractivity contribution in [1.29, 1.82) is 0 Å². The summed E-state index contributed by atoms with van der Waals surface area (Å²) in [5.41, 5.74) is -1.30. The van der Waals surface area contributed by atoms with Gasteiger partial charge in [-0.05, 0) is 51.0 Å². The van der Waals surface area contributed by atoms with Gasteiger partial charge < -0.3 is 9.50 Å². The zero-order chi connectivity index (χ0) is 29.9. The lowest BCUT2D eigenvalue weighted by Gasteiger charge is -2.46. The molecule has 11 heteroatoms. The topological polar surface area (TPSA) is 80.2 Å². The van der Waals surface area contributed by atoms with E-state index in [1.54, 1.807) is 25.9 Å². The van der Waals surface area contributed by atoms with E-state index in [2.05, 4.69) is 20.3 Å². The van der Waals surface area contributed by atoms with Crippen LogP contribution in [0.25, 0.3) is 10.9 Å². The van der Waals surface area contributed by atoms with Gasteiger partial charge >= 0.3 is 5.92 Å². The third kappa shape index (κ3) is 6.56. The third-order valence-corrected chi connectivity index (χ3v) is 13.3. The van der Waals surface area contributed by atoms with E-state index in [4.69, 9.17) is 4.18 Å². The first-order chi connectivity index (χ1) is 18.7. The van der Waals surface area contributed by atoms with Gasteiger partial charge in [0.05, 0.1) is 30.1 Å². The number of nitrogens with one attached hydrogen (secondary N) is 1. The van der Waals surface area contributed by atoms with Crippen molar-refractivity contribution >= 4 is 40.0 Å². The highest BCUT2D eigenvalue weighted by Gasteiger charge is 2.55. The Balaban J connectivity index is 2.00. The number of aromatic nitrogens is 3. The Kier molecular flexibility index (Phi) is 10.1. The van der Waals surface area contributed by atoms with Crippen molar-refractivity contribution in [1.82, 2.24) is 15.0 Å². The number of hydrogen-bond donors (Lipinski definition) is 2. The zero-order valence-electron chi connectivity index (χ0n) is 24.8. The first kappa shape index (κ1) is 32.5. The lowest BCUT2D eigenvalue weighted by Crippen LogP contribution is -2.47. The molecule has 1 aromatic carbocycles. The summed E-state index contributed by atoms with van der Waals surface area (Å²) in [5, 5.41) is 3.74. The minimum Gasteiger partial charge on any atom is -0.365 e. The fourth-order valence-electron chi connectivity index (χ4n) is 4.61. The van der Waals surface area contributed by atoms with Crippen molar-refractivity contribution in [2.45, 2.75) is 72.5 Å². The second-order valence-corrected chi connectivity index (χ2v) is 17.7. The van der Waals surface area contributed by atoms with Crippen LogP contribution < -0.4 is 10.8 Å². The molecular weight excluding hydrogens is 556 g/mol. The predicted octanol–water partition coefficient (Wildman–Crippen LogP) is 7.34. The van der Waals surface area contributed by atoms with Crippen molar-refractivity contribution in [2.24, 2.45) is 0 Å². The van der Waals surface area contributed by atoms with Gasteiger partial charge in [-0.15, -0.1) is 10.3 Å². The van der Waals surface area contributed by atoms with Gasteiger partial charge in [0.2, 0.25) is 5.44 Å². The molecule has 222 valence electrons. The van der Waals surface area contributed by atoms with E-state index in [9.17, 15) is 4.89 Å². The van der Waals surface area contributed by atoms with Crippen LogP contribution in [0.1, 0.15) is 64.4 Å². The standard InChI is InChI=1S/C29H43F3N4O2PS/c1-9-16-28(6,38-40(8,11-3)12-4)29(31,32)23-15-13-14-21(26(23)30)18-34-27-22-17-25(39(7,37)10-2)33-19-24(22)35-20(5)36-27/h13-15,17,19,37H,9-12,16,18H2,1-8H3,(H,34,35,36)/q+1. The van der Waals surface area contributed by atoms with Gasteiger partial charge in [0, 0.05) is 23.6 Å². The van der Waals surface area contributed by atoms with E-state index in [1.807, 2.05) is 34.0 Å². The maximum absolute atomic E-state index is 16.2. The molecule has 0 radical (unpaired) electrons. The molecule has 0 bridgehead atoms. The number of aryl methyl sites for hydroxylation is 1. The Bertz CT molecular complexity index is 1340. The predicted molar refractivity (Wildman–Crippen MR) is 164 cm³/mol. The Morgan fingerprint density at radius 3 is 2.40 bits per heavy atom. The summed E-state index contributed by atoms with van der Waals surface area (Å²) < 4.78 is 54.5. The molecule has 0 aliphatic heterocycles. The number of alkyl halides is 2. The fourth-order valence-corrected chi connectivity index (χ4v) is 7.37. The summed E-state index contributed by atoms with van der Waals surface area (Å²) >= 11 is 0. The molecule has 0 aliphatic rings. The lowest BCUT2D eigenvalue weighted by molar-refractivity contribution is -0.165. The SMILES string of the molecule is CCCC(C)(OS(C)(CC)CC)C(F)(F)c1cccc(CNc2nc(C)nc3cnc([P+](C)(O)CC)cc23)c1F. The normalized spacial score (nSPS) is 16.0. The Morgan fingerprint density at radius 1 is 1.12 bits per heavy atom. The van der Waals surface area contributed by atoms with E-state index in [0.717, 1.165) is 6.07 Å². The Labute approximate surface area is 238 Å². The lowest BCUT2D eigenvalue weighted by atomic mass is 9.87. The molecular formula is C29H43F3N4O2PS+. The molecule has 3 aromatic rings. The highest BCUT2D eigenvalue weighted by atomic mass is 32.3. The second-order valence-electron chi connectivity index (χ2n) is 10.7. The van der Waals surface area contributed by atoms with Crippen LogP contribution in [-0.2, 0) is 16.7 Å². The molecule has 0 amide bonds. The van der Waals surface area contributed by atoms with Gasteiger partial charge in [0.25, 0.3) is 0 Å². The number of halogens is 3. The summed E-state index contributed by atoms with van der Waals surface area (Å²) in [7, 11) is -4.16. The maximum atomic E-state index is 16.2. The van der Waals surface area contributed by atoms with E-state index in [0.29, 0.717) is 52.1 Å². The zero-order valence-corrected chi connectivity index (χ0v) is 26.5. The van der Waals surface area contributed by atoms with E-state index >= 15 is 13.2 Å². The number of benzene rings is 1. The number of pyridine rings is 1. The molecule has 0 spiro atoms. The minimum absolute atomic E-state index is 0.0729. The van der Waals surface area contributed by atoms with Crippen LogP contribution in [-0.4, -0.2) is 56.0 Å². The van der Waals surface area contributed by atoms with Crippen LogP contribution in [0.4, 0.5) is 19.0 Å². The van der Waals surface area contributed by atoms with Gasteiger partial charge in [0.15, 0.2) is 7.49 Å². The number of rotatable bonds is 13. The molecule has 40 heavy (non-hydrogen) atoms. The van der Waals surface area contributed by atoms with Crippen LogP contribution in [0.3, 0.4) is 0 Å². The summed E-state index contributed by atoms with van der Waals surface area (Å²) in [6.45, 7) is 12.5. The first-order valence-corrected chi connectivity index (χ1v) is 18.4. The van der Waals surface area contributed by atoms with Crippen LogP contribution in [0.2, 0.25) is 0 Å². The summed E-state index contributed by atoms with van der Waals surface area (Å²) in [6.07, 6.45) is 4.63. The molecule has 2 atom stereocenters. The van der Waals surface area contributed by atoms with Crippen LogP contribution in [0, 0.1) is 12.7 Å². The highest BCUT2D eigenvalue weighted by molar-refractivity contribution is 8.29. The number of nitrogens with zero attached hydrogens (tertiary/aromatic N) is 3. The molecule has 0 saturated heterocycles. The summed E-state index contributed by atoms with van der Waals surface area (Å²) in [6, 6.07) is 5.85. The number of fused-ring (bicyclic) bond motifs is 1. The summed E-state index contributed by atoms with van der Waals surface area (Å²) in [4.78, 5) is 24.1. The van der Waals surface area contributed by atoms with Crippen molar-refractivity contribution in [3.8, 4) is 0 Å². The average Bonchev–Trinajstić information content (AvgIpc) is 2.91. The fraction of sp³-hybridized carbons (Fsp3) is 0.552. The number of hydrogen-bond acceptors (Lipinski definition) is 6. The van der Waals surface area contributed by atoms with E-state index in [-0.39, 0.29) is 18.5 Å². The molecule has 2 aromatic heterocycles. The molecule has 0 saturated carbocycles. The molecule has 6 nitrogen and oxygen atoms in total. The van der Waals surface area contributed by atoms with E-state index in [1.165, 1.54) is 19.1 Å². The first-order valence-electron chi connectivity index (χ1n) is 13.7. The van der Waals surface area contributed by atoms with Gasteiger partial charge in [0.1, 0.15) is 23.1 Å². The van der Waals surface area contributed by atoms with Crippen molar-refractivity contribution in [2.75, 3.05) is 35.9 Å². The monoisotopic (exact) mass is 599 g/mol. The average molecular weight is 600 g/mol. The van der Waals surface area contributed by atoms with Crippen LogP contribution >= 0.6 is 17.8 Å². The molecule has 2 heterocycles. The quantitative estimate of drug-likeness (QED) is 0.200. The van der Waals surface area contributed by atoms with Gasteiger partial charge in [-0.3, -0.25) is 0 Å². The smallest absolute Gasteiger partial charge is 0.305 e. The van der Waals surface area contributed by atoms with Crippen LogP contribution in [0.15, 0.2) is 30.5 Å². The number of anilines is 1. The van der Waals surface area contributed by atoms with E-state index < -0.39 is 40.7 Å². The summed E-state index contributed by atoms with van der Waals surface area (Å²) in [5.74, 6) is -2.34. The molecule has 0 aliphatic carbocycles. The molecule has 0 fully saturated rings.